The van der Waals surface area contributed by atoms with Crippen molar-refractivity contribution in [3.8, 4) is 0 Å². The van der Waals surface area contributed by atoms with Crippen molar-refractivity contribution >= 4 is 6.21 Å². The average molecular weight is 166 g/mol. The van der Waals surface area contributed by atoms with E-state index in [4.69, 9.17) is 0 Å². The summed E-state index contributed by atoms with van der Waals surface area (Å²) < 4.78 is 0. The minimum absolute atomic E-state index is 0.457. The lowest BCUT2D eigenvalue weighted by Crippen LogP contribution is -2.05. The minimum Gasteiger partial charge on any atom is -0.293 e. The maximum atomic E-state index is 4.43. The lowest BCUT2D eigenvalue weighted by molar-refractivity contribution is 0.498. The molecule has 2 fully saturated rings. The first kappa shape index (κ1) is 8.24. The van der Waals surface area contributed by atoms with Gasteiger partial charge >= 0.3 is 0 Å². The molecular weight excluding hydrogens is 148 g/mol. The highest BCUT2D eigenvalue weighted by Gasteiger charge is 2.50. The Bertz CT molecular complexity index is 194. The van der Waals surface area contributed by atoms with Crippen LogP contribution >= 0.6 is 0 Å². The molecule has 0 spiro atoms. The maximum absolute atomic E-state index is 4.43. The summed E-state index contributed by atoms with van der Waals surface area (Å²) >= 11 is 0. The number of rotatable bonds is 3. The predicted octanol–water partition coefficient (Wildman–Crippen LogP) is 1.70. The molecule has 0 aromatic rings. The van der Waals surface area contributed by atoms with Crippen molar-refractivity contribution in [2.45, 2.75) is 57.8 Å². The fraction of sp³-hybridized carbons (Fsp3) is 0.900. The molecule has 68 valence electrons. The second-order valence-corrected chi connectivity index (χ2v) is 4.30. The summed E-state index contributed by atoms with van der Waals surface area (Å²) in [5, 5.41) is 0. The molecule has 1 aliphatic heterocycles. The van der Waals surface area contributed by atoms with E-state index in [1.54, 1.807) is 0 Å². The topological polar surface area (TPSA) is 15.4 Å². The van der Waals surface area contributed by atoms with E-state index >= 15 is 0 Å². The zero-order valence-electron chi connectivity index (χ0n) is 8.20. The first-order chi connectivity index (χ1) is 5.70. The molecule has 0 amide bonds. The Balaban J connectivity index is 1.83. The van der Waals surface area contributed by atoms with Gasteiger partial charge in [-0.2, -0.15) is 0 Å². The zero-order chi connectivity index (χ0) is 8.72. The molecule has 0 N–H and O–H groups in total. The monoisotopic (exact) mass is 166 g/mol. The van der Waals surface area contributed by atoms with E-state index in [0.29, 0.717) is 12.1 Å². The molecule has 0 bridgehead atoms. The molecule has 3 atom stereocenters. The third-order valence-electron chi connectivity index (χ3n) is 2.72. The number of hydrogen-bond acceptors (Lipinski definition) is 2. The lowest BCUT2D eigenvalue weighted by atomic mass is 10.3. The third kappa shape index (κ3) is 1.53. The van der Waals surface area contributed by atoms with Gasteiger partial charge in [0.1, 0.15) is 0 Å². The fourth-order valence-electron chi connectivity index (χ4n) is 1.81. The molecule has 1 saturated heterocycles. The molecule has 1 saturated carbocycles. The van der Waals surface area contributed by atoms with Gasteiger partial charge in [-0.15, -0.1) is 0 Å². The van der Waals surface area contributed by atoms with Crippen LogP contribution in [0.5, 0.6) is 0 Å². The van der Waals surface area contributed by atoms with Crippen LogP contribution in [-0.4, -0.2) is 35.3 Å². The highest BCUT2D eigenvalue weighted by molar-refractivity contribution is 5.70. The van der Waals surface area contributed by atoms with Crippen LogP contribution < -0.4 is 0 Å². The Kier molecular flexibility index (Phi) is 1.95. The molecule has 12 heavy (non-hydrogen) atoms. The van der Waals surface area contributed by atoms with Crippen molar-refractivity contribution in [3.63, 3.8) is 0 Å². The lowest BCUT2D eigenvalue weighted by Gasteiger charge is -1.96. The summed E-state index contributed by atoms with van der Waals surface area (Å²) in [5.41, 5.74) is 0. The van der Waals surface area contributed by atoms with E-state index in [2.05, 4.69) is 36.9 Å². The summed E-state index contributed by atoms with van der Waals surface area (Å²) in [7, 11) is 0. The van der Waals surface area contributed by atoms with Gasteiger partial charge in [-0.1, -0.05) is 0 Å². The second kappa shape index (κ2) is 2.84. The van der Waals surface area contributed by atoms with E-state index in [9.17, 15) is 0 Å². The first-order valence-corrected chi connectivity index (χ1v) is 5.01. The van der Waals surface area contributed by atoms with E-state index < -0.39 is 0 Å². The van der Waals surface area contributed by atoms with Crippen LogP contribution in [0.3, 0.4) is 0 Å². The quantitative estimate of drug-likeness (QED) is 0.460. The Morgan fingerprint density at radius 2 is 2.08 bits per heavy atom. The Morgan fingerprint density at radius 3 is 2.58 bits per heavy atom. The van der Waals surface area contributed by atoms with Gasteiger partial charge in [0.05, 0.1) is 6.04 Å². The summed E-state index contributed by atoms with van der Waals surface area (Å²) in [5.74, 6) is 0. The molecule has 2 nitrogen and oxygen atoms in total. The molecular formula is C10H18N2. The van der Waals surface area contributed by atoms with Crippen molar-refractivity contribution in [3.05, 3.63) is 0 Å². The minimum atomic E-state index is 0.457. The molecule has 2 unspecified atom stereocenters. The van der Waals surface area contributed by atoms with Crippen molar-refractivity contribution in [2.24, 2.45) is 4.99 Å². The van der Waals surface area contributed by atoms with Crippen LogP contribution in [0.25, 0.3) is 0 Å². The predicted molar refractivity (Wildman–Crippen MR) is 51.7 cm³/mol. The molecule has 2 rings (SSSR count). The average Bonchev–Trinajstić information content (AvgIpc) is 2.80. The van der Waals surface area contributed by atoms with E-state index in [1.807, 2.05) is 0 Å². The van der Waals surface area contributed by atoms with Gasteiger partial charge in [0, 0.05) is 24.3 Å². The highest BCUT2D eigenvalue weighted by Crippen LogP contribution is 2.40. The normalized spacial score (nSPS) is 41.2. The SMILES string of the molecule is CC(C)N=CC1[C@H](C)N1C1CC1. The first-order valence-electron chi connectivity index (χ1n) is 5.01. The van der Waals surface area contributed by atoms with Crippen LogP contribution in [-0.2, 0) is 0 Å². The van der Waals surface area contributed by atoms with E-state index in [-0.39, 0.29) is 0 Å². The molecule has 1 heterocycles. The standard InChI is InChI=1S/C10H18N2/c1-7(2)11-6-10-8(3)12(10)9-4-5-9/h6-10H,4-5H2,1-3H3/t8-,10?,12?/m0/s1. The Morgan fingerprint density at radius 1 is 1.42 bits per heavy atom. The van der Waals surface area contributed by atoms with Crippen molar-refractivity contribution in [1.82, 2.24) is 4.90 Å². The Hall–Kier alpha value is -0.370. The summed E-state index contributed by atoms with van der Waals surface area (Å²) in [6.07, 6.45) is 4.97. The van der Waals surface area contributed by atoms with Crippen LogP contribution in [0, 0.1) is 0 Å². The summed E-state index contributed by atoms with van der Waals surface area (Å²) in [6, 6.07) is 2.79. The van der Waals surface area contributed by atoms with E-state index in [1.165, 1.54) is 12.8 Å². The van der Waals surface area contributed by atoms with Crippen LogP contribution in [0.4, 0.5) is 0 Å². The van der Waals surface area contributed by atoms with Gasteiger partial charge in [0.15, 0.2) is 0 Å². The number of aliphatic imine (C=N–C) groups is 1. The van der Waals surface area contributed by atoms with Gasteiger partial charge in [-0.25, -0.2) is 0 Å². The number of nitrogens with zero attached hydrogens (tertiary/aromatic N) is 2. The van der Waals surface area contributed by atoms with Gasteiger partial charge in [0.2, 0.25) is 0 Å². The third-order valence-corrected chi connectivity index (χ3v) is 2.72. The largest absolute Gasteiger partial charge is 0.293 e. The van der Waals surface area contributed by atoms with Crippen molar-refractivity contribution in [1.29, 1.82) is 0 Å². The van der Waals surface area contributed by atoms with Crippen LogP contribution in [0.1, 0.15) is 33.6 Å². The van der Waals surface area contributed by atoms with Gasteiger partial charge in [-0.05, 0) is 33.6 Å². The summed E-state index contributed by atoms with van der Waals surface area (Å²) in [4.78, 5) is 7.01. The van der Waals surface area contributed by atoms with Gasteiger partial charge < -0.3 is 0 Å². The molecule has 0 radical (unpaired) electrons. The fourth-order valence-corrected chi connectivity index (χ4v) is 1.81. The molecule has 0 aromatic heterocycles. The van der Waals surface area contributed by atoms with Crippen molar-refractivity contribution in [2.75, 3.05) is 0 Å². The molecule has 1 aliphatic carbocycles. The molecule has 0 aromatic carbocycles. The smallest absolute Gasteiger partial charge is 0.0606 e. The Labute approximate surface area is 74.7 Å². The van der Waals surface area contributed by atoms with Crippen LogP contribution in [0.2, 0.25) is 0 Å². The van der Waals surface area contributed by atoms with E-state index in [0.717, 1.165) is 12.1 Å². The highest BCUT2D eigenvalue weighted by atomic mass is 15.4. The second-order valence-electron chi connectivity index (χ2n) is 4.30. The maximum Gasteiger partial charge on any atom is 0.0606 e. The molecule has 2 aliphatic rings. The van der Waals surface area contributed by atoms with Gasteiger partial charge in [-0.3, -0.25) is 9.89 Å². The van der Waals surface area contributed by atoms with Crippen molar-refractivity contribution < 1.29 is 0 Å². The molecule has 2 heteroatoms. The van der Waals surface area contributed by atoms with Crippen LogP contribution in [0.15, 0.2) is 4.99 Å². The summed E-state index contributed by atoms with van der Waals surface area (Å²) in [6.45, 7) is 6.56. The number of hydrogen-bond donors (Lipinski definition) is 0. The van der Waals surface area contributed by atoms with Gasteiger partial charge in [0.25, 0.3) is 0 Å². The zero-order valence-corrected chi connectivity index (χ0v) is 8.20.